The molecule has 1 spiro atoms. The maximum absolute atomic E-state index is 13.7. The summed E-state index contributed by atoms with van der Waals surface area (Å²) in [5.74, 6) is 0. The minimum Gasteiger partial charge on any atom is -0.304 e. The van der Waals surface area contributed by atoms with Crippen LogP contribution in [-0.4, -0.2) is 4.98 Å². The molecule has 0 atom stereocenters. The number of benzene rings is 3. The Bertz CT molecular complexity index is 1340. The van der Waals surface area contributed by atoms with E-state index in [9.17, 15) is 26.3 Å². The van der Waals surface area contributed by atoms with E-state index < -0.39 is 28.9 Å². The van der Waals surface area contributed by atoms with Crippen molar-refractivity contribution in [1.82, 2.24) is 4.98 Å². The van der Waals surface area contributed by atoms with Crippen LogP contribution in [0.25, 0.3) is 22.4 Å². The largest absolute Gasteiger partial charge is 0.416 e. The van der Waals surface area contributed by atoms with Gasteiger partial charge in [0.25, 0.3) is 0 Å². The fraction of sp³-hybridized carbons (Fsp3) is 0.115. The van der Waals surface area contributed by atoms with Crippen LogP contribution in [0.15, 0.2) is 72.9 Å². The number of alkyl halides is 6. The first-order chi connectivity index (χ1) is 15.6. The van der Waals surface area contributed by atoms with Crippen molar-refractivity contribution >= 4 is 0 Å². The number of hydrogen-bond donors (Lipinski definition) is 0. The molecule has 1 aromatic heterocycles. The quantitative estimate of drug-likeness (QED) is 0.125. The molecule has 6 rings (SSSR count). The third-order valence-corrected chi connectivity index (χ3v) is 6.50. The number of hydrogen-bond acceptors (Lipinski definition) is 1. The number of fused-ring (bicyclic) bond motifs is 10. The van der Waals surface area contributed by atoms with E-state index >= 15 is 0 Å². The summed E-state index contributed by atoms with van der Waals surface area (Å²) in [5.41, 5.74) is 0.632. The van der Waals surface area contributed by atoms with Gasteiger partial charge in [-0.15, -0.1) is 35.4 Å². The Hall–Kier alpha value is -2.96. The third kappa shape index (κ3) is 2.88. The van der Waals surface area contributed by atoms with Gasteiger partial charge in [-0.1, -0.05) is 23.8 Å². The van der Waals surface area contributed by atoms with E-state index in [-0.39, 0.29) is 20.1 Å². The van der Waals surface area contributed by atoms with E-state index in [1.807, 2.05) is 0 Å². The van der Waals surface area contributed by atoms with Crippen LogP contribution in [0.1, 0.15) is 33.4 Å². The molecule has 1 radical (unpaired) electrons. The van der Waals surface area contributed by atoms with Crippen molar-refractivity contribution in [2.24, 2.45) is 0 Å². The zero-order chi connectivity index (χ0) is 23.2. The molecule has 2 aliphatic rings. The summed E-state index contributed by atoms with van der Waals surface area (Å²) in [7, 11) is 0. The average molecular weight is 645 g/mol. The van der Waals surface area contributed by atoms with E-state index in [4.69, 9.17) is 0 Å². The molecule has 0 fully saturated rings. The van der Waals surface area contributed by atoms with Gasteiger partial charge in [0.1, 0.15) is 0 Å². The van der Waals surface area contributed by atoms with Crippen molar-refractivity contribution in [1.29, 1.82) is 0 Å². The van der Waals surface area contributed by atoms with Gasteiger partial charge >= 0.3 is 12.4 Å². The first-order valence-electron chi connectivity index (χ1n) is 10.0. The number of nitrogens with zero attached hydrogens (tertiary/aromatic N) is 1. The molecule has 4 aromatic rings. The molecule has 0 N–H and O–H groups in total. The standard InChI is InChI=1S/C26H12F6N.Ir/c27-25(28,29)14-7-9-16-17-10-8-15(26(30,31)32)13-22(17)24(21(16)12-14)19-5-2-1-4-18(19)23-20(24)6-3-11-33-23;/h1-3,5-13H;/q-1;. The molecule has 2 aliphatic carbocycles. The molecule has 1 nitrogen and oxygen atoms in total. The predicted octanol–water partition coefficient (Wildman–Crippen LogP) is 7.26. The number of pyridine rings is 1. The van der Waals surface area contributed by atoms with Crippen LogP contribution in [-0.2, 0) is 37.9 Å². The van der Waals surface area contributed by atoms with Crippen molar-refractivity contribution in [2.75, 3.05) is 0 Å². The second kappa shape index (κ2) is 7.27. The molecule has 34 heavy (non-hydrogen) atoms. The second-order valence-electron chi connectivity index (χ2n) is 8.12. The fourth-order valence-corrected chi connectivity index (χ4v) is 5.25. The minimum atomic E-state index is -4.61. The Morgan fingerprint density at radius 1 is 0.676 bits per heavy atom. The summed E-state index contributed by atoms with van der Waals surface area (Å²) in [6.45, 7) is 0. The smallest absolute Gasteiger partial charge is 0.304 e. The van der Waals surface area contributed by atoms with Crippen molar-refractivity contribution in [3.63, 3.8) is 0 Å². The Kier molecular flexibility index (Phi) is 4.88. The van der Waals surface area contributed by atoms with Crippen LogP contribution in [0.4, 0.5) is 26.3 Å². The molecule has 0 unspecified atom stereocenters. The van der Waals surface area contributed by atoms with Crippen molar-refractivity contribution < 1.29 is 46.4 Å². The average Bonchev–Trinajstić information content (AvgIpc) is 3.24. The van der Waals surface area contributed by atoms with Gasteiger partial charge in [-0.25, -0.2) is 0 Å². The van der Waals surface area contributed by atoms with Gasteiger partial charge in [0.05, 0.1) is 11.1 Å². The normalized spacial score (nSPS) is 14.8. The first kappa shape index (κ1) is 22.8. The van der Waals surface area contributed by atoms with Crippen LogP contribution in [0, 0.1) is 6.07 Å². The van der Waals surface area contributed by atoms with Crippen molar-refractivity contribution in [3.8, 4) is 22.4 Å². The zero-order valence-corrected chi connectivity index (χ0v) is 19.4. The van der Waals surface area contributed by atoms with E-state index in [1.54, 1.807) is 36.5 Å². The number of rotatable bonds is 0. The summed E-state index contributed by atoms with van der Waals surface area (Å²) >= 11 is 0. The molecular weight excluding hydrogens is 632 g/mol. The SMILES string of the molecule is FC(F)(F)c1ccc2c(c1)C1(c3ccc[c-]c3-c3ncccc31)c1cc(C(F)(F)F)ccc1-2.[Ir]. The van der Waals surface area contributed by atoms with Crippen LogP contribution >= 0.6 is 0 Å². The molecule has 3 aromatic carbocycles. The zero-order valence-electron chi connectivity index (χ0n) is 17.0. The Morgan fingerprint density at radius 3 is 1.79 bits per heavy atom. The predicted molar refractivity (Wildman–Crippen MR) is 109 cm³/mol. The third-order valence-electron chi connectivity index (χ3n) is 6.50. The van der Waals surface area contributed by atoms with Crippen molar-refractivity contribution in [2.45, 2.75) is 17.8 Å². The van der Waals surface area contributed by atoms with Crippen LogP contribution < -0.4 is 0 Å². The van der Waals surface area contributed by atoms with E-state index in [0.717, 1.165) is 24.3 Å². The maximum atomic E-state index is 13.7. The second-order valence-corrected chi connectivity index (χ2v) is 8.12. The van der Waals surface area contributed by atoms with Gasteiger partial charge in [-0.3, -0.25) is 0 Å². The van der Waals surface area contributed by atoms with Crippen LogP contribution in [0.3, 0.4) is 0 Å². The summed E-state index contributed by atoms with van der Waals surface area (Å²) in [5, 5.41) is 0. The fourth-order valence-electron chi connectivity index (χ4n) is 5.25. The summed E-state index contributed by atoms with van der Waals surface area (Å²) in [6, 6.07) is 18.3. The van der Waals surface area contributed by atoms with Gasteiger partial charge in [0.15, 0.2) is 0 Å². The Labute approximate surface area is 203 Å². The van der Waals surface area contributed by atoms with Crippen molar-refractivity contribution in [3.05, 3.63) is 112 Å². The first-order valence-corrected chi connectivity index (χ1v) is 10.0. The van der Waals surface area contributed by atoms with E-state index in [1.165, 1.54) is 12.1 Å². The monoisotopic (exact) mass is 645 g/mol. The van der Waals surface area contributed by atoms with Gasteiger partial charge in [0, 0.05) is 31.7 Å². The molecule has 1 heterocycles. The molecule has 0 aliphatic heterocycles. The van der Waals surface area contributed by atoms with Gasteiger partial charge < -0.3 is 4.98 Å². The number of aromatic nitrogens is 1. The number of halogens is 6. The molecule has 0 bridgehead atoms. The molecule has 0 saturated carbocycles. The minimum absolute atomic E-state index is 0. The summed E-state index contributed by atoms with van der Waals surface area (Å²) < 4.78 is 82.2. The Balaban J connectivity index is 0.00000241. The summed E-state index contributed by atoms with van der Waals surface area (Å²) in [6.07, 6.45) is -7.66. The summed E-state index contributed by atoms with van der Waals surface area (Å²) in [4.78, 5) is 4.43. The van der Waals surface area contributed by atoms with Gasteiger partial charge in [0.2, 0.25) is 0 Å². The van der Waals surface area contributed by atoms with E-state index in [2.05, 4.69) is 11.1 Å². The molecule has 0 amide bonds. The maximum Gasteiger partial charge on any atom is 0.416 e. The molecule has 8 heteroatoms. The van der Waals surface area contributed by atoms with Gasteiger partial charge in [-0.2, -0.15) is 26.3 Å². The van der Waals surface area contributed by atoms with Crippen LogP contribution in [0.2, 0.25) is 0 Å². The van der Waals surface area contributed by atoms with Crippen LogP contribution in [0.5, 0.6) is 0 Å². The van der Waals surface area contributed by atoms with E-state index in [0.29, 0.717) is 44.6 Å². The van der Waals surface area contributed by atoms with Gasteiger partial charge in [-0.05, 0) is 58.3 Å². The molecule has 0 saturated heterocycles. The molecular formula is C26H12F6IrN-. The molecule has 173 valence electrons. The topological polar surface area (TPSA) is 12.9 Å². The Morgan fingerprint density at radius 2 is 1.24 bits per heavy atom.